The van der Waals surface area contributed by atoms with Crippen LogP contribution in [-0.4, -0.2) is 30.9 Å². The molecule has 0 spiro atoms. The van der Waals surface area contributed by atoms with Gasteiger partial charge in [0.05, 0.1) is 5.69 Å². The molecule has 1 aromatic carbocycles. The first-order valence-electron chi connectivity index (χ1n) is 4.06. The van der Waals surface area contributed by atoms with Crippen molar-refractivity contribution in [3.05, 3.63) is 18.2 Å². The Bertz CT molecular complexity index is 538. The van der Waals surface area contributed by atoms with Gasteiger partial charge in [0.25, 0.3) is 10.0 Å². The molecule has 1 aliphatic rings. The third-order valence-corrected chi connectivity index (χ3v) is 3.93. The van der Waals surface area contributed by atoms with Gasteiger partial charge in [0, 0.05) is 13.1 Å². The summed E-state index contributed by atoms with van der Waals surface area (Å²) in [6.07, 6.45) is 0. The number of carbonyl (C=O) groups excluding carboxylic acids is 1. The third kappa shape index (κ3) is 1.32. The van der Waals surface area contributed by atoms with E-state index in [2.05, 4.69) is 5.32 Å². The third-order valence-electron chi connectivity index (χ3n) is 2.13. The summed E-state index contributed by atoms with van der Waals surface area (Å²) in [5, 5.41) is 11.5. The standard InChI is InChI=1S/C8H8N2O4S/c1-10-8(12)9-6-4-5(11)2-3-7(6)15(10,13)14/h2-4,11H,1H3,(H,9,12). The lowest BCUT2D eigenvalue weighted by molar-refractivity contribution is 0.240. The number of hydrogen-bond acceptors (Lipinski definition) is 4. The Morgan fingerprint density at radius 2 is 2.07 bits per heavy atom. The highest BCUT2D eigenvalue weighted by Gasteiger charge is 2.33. The monoisotopic (exact) mass is 228 g/mol. The Labute approximate surface area is 86.2 Å². The number of aromatic hydroxyl groups is 1. The predicted octanol–water partition coefficient (Wildman–Crippen LogP) is 0.558. The Hall–Kier alpha value is -1.76. The van der Waals surface area contributed by atoms with Crippen molar-refractivity contribution in [3.8, 4) is 5.75 Å². The van der Waals surface area contributed by atoms with Crippen molar-refractivity contribution in [1.29, 1.82) is 0 Å². The van der Waals surface area contributed by atoms with Gasteiger partial charge in [-0.15, -0.1) is 0 Å². The fourth-order valence-corrected chi connectivity index (χ4v) is 2.48. The zero-order valence-corrected chi connectivity index (χ0v) is 8.58. The Balaban J connectivity index is 2.72. The summed E-state index contributed by atoms with van der Waals surface area (Å²) in [4.78, 5) is 11.2. The second-order valence-electron chi connectivity index (χ2n) is 3.08. The Kier molecular flexibility index (Phi) is 1.87. The molecule has 2 amide bonds. The first-order chi connectivity index (χ1) is 6.93. The van der Waals surface area contributed by atoms with Gasteiger partial charge in [-0.05, 0) is 12.1 Å². The topological polar surface area (TPSA) is 86.7 Å². The van der Waals surface area contributed by atoms with E-state index >= 15 is 0 Å². The van der Waals surface area contributed by atoms with E-state index in [0.29, 0.717) is 4.31 Å². The van der Waals surface area contributed by atoms with Crippen LogP contribution >= 0.6 is 0 Å². The number of sulfonamides is 1. The van der Waals surface area contributed by atoms with Gasteiger partial charge >= 0.3 is 6.03 Å². The quantitative estimate of drug-likeness (QED) is 0.679. The smallest absolute Gasteiger partial charge is 0.335 e. The SMILES string of the molecule is CN1C(=O)Nc2cc(O)ccc2S1(=O)=O. The summed E-state index contributed by atoms with van der Waals surface area (Å²) in [7, 11) is -2.61. The summed E-state index contributed by atoms with van der Waals surface area (Å²) >= 11 is 0. The van der Waals surface area contributed by atoms with Crippen LogP contribution in [0, 0.1) is 0 Å². The molecule has 80 valence electrons. The van der Waals surface area contributed by atoms with Crippen LogP contribution in [0.25, 0.3) is 0 Å². The molecule has 15 heavy (non-hydrogen) atoms. The van der Waals surface area contributed by atoms with Crippen LogP contribution in [0.15, 0.2) is 23.1 Å². The highest BCUT2D eigenvalue weighted by molar-refractivity contribution is 7.90. The lowest BCUT2D eigenvalue weighted by Crippen LogP contribution is -2.40. The highest BCUT2D eigenvalue weighted by Crippen LogP contribution is 2.31. The second kappa shape index (κ2) is 2.86. The van der Waals surface area contributed by atoms with Crippen LogP contribution in [0.1, 0.15) is 0 Å². The Morgan fingerprint density at radius 1 is 1.40 bits per heavy atom. The number of anilines is 1. The van der Waals surface area contributed by atoms with Crippen molar-refractivity contribution < 1.29 is 18.3 Å². The zero-order chi connectivity index (χ0) is 11.2. The molecule has 7 heteroatoms. The summed E-state index contributed by atoms with van der Waals surface area (Å²) in [5.41, 5.74) is 0.0955. The zero-order valence-electron chi connectivity index (χ0n) is 7.76. The minimum atomic E-state index is -3.78. The minimum absolute atomic E-state index is 0.0256. The molecule has 0 radical (unpaired) electrons. The molecule has 1 heterocycles. The maximum Gasteiger partial charge on any atom is 0.335 e. The normalized spacial score (nSPS) is 18.2. The summed E-state index contributed by atoms with van der Waals surface area (Å²) in [5.74, 6) is -0.103. The number of urea groups is 1. The lowest BCUT2D eigenvalue weighted by Gasteiger charge is -2.25. The summed E-state index contributed by atoms with van der Waals surface area (Å²) < 4.78 is 24.0. The maximum absolute atomic E-state index is 11.7. The second-order valence-corrected chi connectivity index (χ2v) is 5.02. The molecular formula is C8H8N2O4S. The fraction of sp³-hybridized carbons (Fsp3) is 0.125. The molecule has 1 aliphatic heterocycles. The van der Waals surface area contributed by atoms with Crippen LogP contribution in [0.2, 0.25) is 0 Å². The number of phenols is 1. The van der Waals surface area contributed by atoms with Crippen LogP contribution in [0.5, 0.6) is 5.75 Å². The molecule has 0 saturated heterocycles. The van der Waals surface area contributed by atoms with Gasteiger partial charge in [-0.1, -0.05) is 0 Å². The van der Waals surface area contributed by atoms with Gasteiger partial charge in [0.15, 0.2) is 0 Å². The van der Waals surface area contributed by atoms with Crippen molar-refractivity contribution >= 4 is 21.7 Å². The van der Waals surface area contributed by atoms with Gasteiger partial charge in [0.2, 0.25) is 0 Å². The molecule has 0 atom stereocenters. The molecule has 2 N–H and O–H groups in total. The van der Waals surface area contributed by atoms with Gasteiger partial charge in [-0.3, -0.25) is 0 Å². The van der Waals surface area contributed by atoms with Gasteiger partial charge in [0.1, 0.15) is 10.6 Å². The van der Waals surface area contributed by atoms with Crippen LogP contribution in [0.3, 0.4) is 0 Å². The van der Waals surface area contributed by atoms with E-state index < -0.39 is 16.1 Å². The van der Waals surface area contributed by atoms with E-state index in [4.69, 9.17) is 5.11 Å². The largest absolute Gasteiger partial charge is 0.508 e. The average molecular weight is 228 g/mol. The molecule has 0 aromatic heterocycles. The molecule has 0 saturated carbocycles. The van der Waals surface area contributed by atoms with Crippen LogP contribution in [0.4, 0.5) is 10.5 Å². The minimum Gasteiger partial charge on any atom is -0.508 e. The number of phenolic OH excluding ortho intramolecular Hbond substituents is 1. The van der Waals surface area contributed by atoms with Crippen molar-refractivity contribution in [1.82, 2.24) is 4.31 Å². The van der Waals surface area contributed by atoms with E-state index in [-0.39, 0.29) is 16.3 Å². The van der Waals surface area contributed by atoms with E-state index in [1.165, 1.54) is 25.2 Å². The fourth-order valence-electron chi connectivity index (χ4n) is 1.29. The molecule has 0 aliphatic carbocycles. The van der Waals surface area contributed by atoms with Gasteiger partial charge < -0.3 is 10.4 Å². The number of fused-ring (bicyclic) bond motifs is 1. The molecule has 0 unspecified atom stereocenters. The molecular weight excluding hydrogens is 220 g/mol. The predicted molar refractivity (Wildman–Crippen MR) is 52.1 cm³/mol. The van der Waals surface area contributed by atoms with E-state index in [9.17, 15) is 13.2 Å². The number of nitrogens with one attached hydrogen (secondary N) is 1. The van der Waals surface area contributed by atoms with Crippen molar-refractivity contribution in [2.45, 2.75) is 4.90 Å². The number of rotatable bonds is 0. The van der Waals surface area contributed by atoms with Crippen molar-refractivity contribution in [2.24, 2.45) is 0 Å². The molecule has 1 aromatic rings. The van der Waals surface area contributed by atoms with E-state index in [1.807, 2.05) is 0 Å². The number of nitrogens with zero attached hydrogens (tertiary/aromatic N) is 1. The average Bonchev–Trinajstić information content (AvgIpc) is 2.14. The summed E-state index contributed by atoms with van der Waals surface area (Å²) in [6.45, 7) is 0. The van der Waals surface area contributed by atoms with E-state index in [1.54, 1.807) is 0 Å². The first-order valence-corrected chi connectivity index (χ1v) is 5.50. The number of hydrogen-bond donors (Lipinski definition) is 2. The van der Waals surface area contributed by atoms with Crippen LogP contribution in [-0.2, 0) is 10.0 Å². The van der Waals surface area contributed by atoms with Crippen LogP contribution < -0.4 is 5.32 Å². The molecule has 0 bridgehead atoms. The number of benzene rings is 1. The van der Waals surface area contributed by atoms with Gasteiger partial charge in [-0.2, -0.15) is 0 Å². The van der Waals surface area contributed by atoms with Crippen molar-refractivity contribution in [3.63, 3.8) is 0 Å². The molecule has 0 fully saturated rings. The molecule has 6 nitrogen and oxygen atoms in total. The number of carbonyl (C=O) groups is 1. The summed E-state index contributed by atoms with van der Waals surface area (Å²) in [6, 6.07) is 2.95. The molecule has 2 rings (SSSR count). The van der Waals surface area contributed by atoms with Gasteiger partial charge in [-0.25, -0.2) is 17.5 Å². The van der Waals surface area contributed by atoms with Crippen molar-refractivity contribution in [2.75, 3.05) is 12.4 Å². The number of amides is 2. The first kappa shape index (κ1) is 9.78. The lowest BCUT2D eigenvalue weighted by atomic mass is 10.3. The van der Waals surface area contributed by atoms with E-state index in [0.717, 1.165) is 0 Å². The Morgan fingerprint density at radius 3 is 2.73 bits per heavy atom. The maximum atomic E-state index is 11.7. The highest BCUT2D eigenvalue weighted by atomic mass is 32.2.